The summed E-state index contributed by atoms with van der Waals surface area (Å²) in [5.74, 6) is 0.0488. The van der Waals surface area contributed by atoms with E-state index in [1.54, 1.807) is 12.4 Å². The average Bonchev–Trinajstić information content (AvgIpc) is 2.94. The van der Waals surface area contributed by atoms with Crippen molar-refractivity contribution < 1.29 is 4.79 Å². The molecule has 0 fully saturated rings. The summed E-state index contributed by atoms with van der Waals surface area (Å²) >= 11 is 0. The predicted octanol–water partition coefficient (Wildman–Crippen LogP) is 2.62. The minimum Gasteiger partial charge on any atom is -0.384 e. The fourth-order valence-corrected chi connectivity index (χ4v) is 2.41. The van der Waals surface area contributed by atoms with Crippen LogP contribution in [0.25, 0.3) is 0 Å². The lowest BCUT2D eigenvalue weighted by molar-refractivity contribution is -0.116. The third kappa shape index (κ3) is 2.96. The molecule has 4 nitrogen and oxygen atoms in total. The van der Waals surface area contributed by atoms with Crippen LogP contribution < -0.4 is 10.6 Å². The molecule has 0 saturated heterocycles. The van der Waals surface area contributed by atoms with Crippen LogP contribution in [0.5, 0.6) is 0 Å². The van der Waals surface area contributed by atoms with Gasteiger partial charge in [0.2, 0.25) is 5.91 Å². The fraction of sp³-hybridized carbons (Fsp3) is 0.250. The highest BCUT2D eigenvalue weighted by atomic mass is 16.1. The molecule has 1 amide bonds. The van der Waals surface area contributed by atoms with Crippen LogP contribution in [0.2, 0.25) is 0 Å². The molecule has 0 aliphatic carbocycles. The number of carbonyl (C=O) groups excluding carboxylic acids is 1. The van der Waals surface area contributed by atoms with Gasteiger partial charge in [-0.3, -0.25) is 9.78 Å². The highest BCUT2D eigenvalue weighted by molar-refractivity contribution is 5.91. The Balaban J connectivity index is 1.56. The quantitative estimate of drug-likeness (QED) is 0.895. The largest absolute Gasteiger partial charge is 0.384 e. The van der Waals surface area contributed by atoms with Crippen molar-refractivity contribution in [3.8, 4) is 0 Å². The molecule has 1 aliphatic rings. The molecule has 102 valence electrons. The van der Waals surface area contributed by atoms with Crippen molar-refractivity contribution >= 4 is 17.3 Å². The van der Waals surface area contributed by atoms with Crippen LogP contribution in [0.4, 0.5) is 11.4 Å². The van der Waals surface area contributed by atoms with Crippen molar-refractivity contribution in [1.82, 2.24) is 4.98 Å². The lowest BCUT2D eigenvalue weighted by Gasteiger charge is -2.07. The highest BCUT2D eigenvalue weighted by Gasteiger charge is 2.11. The zero-order valence-corrected chi connectivity index (χ0v) is 11.2. The number of rotatable bonds is 4. The number of nitrogens with one attached hydrogen (secondary N) is 2. The maximum atomic E-state index is 11.9. The summed E-state index contributed by atoms with van der Waals surface area (Å²) in [4.78, 5) is 15.9. The van der Waals surface area contributed by atoms with Gasteiger partial charge in [0.25, 0.3) is 0 Å². The Bertz CT molecular complexity index is 610. The molecule has 4 heteroatoms. The first kappa shape index (κ1) is 12.7. The molecular weight excluding hydrogens is 250 g/mol. The first-order valence-electron chi connectivity index (χ1n) is 6.87. The van der Waals surface area contributed by atoms with E-state index in [0.717, 1.165) is 30.6 Å². The number of anilines is 2. The molecular formula is C16H17N3O. The summed E-state index contributed by atoms with van der Waals surface area (Å²) in [6, 6.07) is 9.91. The lowest BCUT2D eigenvalue weighted by Crippen LogP contribution is -2.12. The van der Waals surface area contributed by atoms with Crippen LogP contribution in [0.1, 0.15) is 17.5 Å². The molecule has 3 rings (SSSR count). The molecule has 20 heavy (non-hydrogen) atoms. The van der Waals surface area contributed by atoms with Crippen LogP contribution >= 0.6 is 0 Å². The fourth-order valence-electron chi connectivity index (χ4n) is 2.41. The molecule has 0 saturated carbocycles. The topological polar surface area (TPSA) is 54.0 Å². The second-order valence-corrected chi connectivity index (χ2v) is 4.95. The van der Waals surface area contributed by atoms with Crippen LogP contribution in [0.15, 0.2) is 42.7 Å². The van der Waals surface area contributed by atoms with E-state index in [1.165, 1.54) is 11.3 Å². The molecule has 0 atom stereocenters. The summed E-state index contributed by atoms with van der Waals surface area (Å²) in [5.41, 5.74) is 4.47. The van der Waals surface area contributed by atoms with Gasteiger partial charge in [-0.1, -0.05) is 0 Å². The van der Waals surface area contributed by atoms with Crippen molar-refractivity contribution in [2.75, 3.05) is 17.2 Å². The minimum atomic E-state index is 0.0488. The van der Waals surface area contributed by atoms with Crippen LogP contribution in [-0.2, 0) is 17.6 Å². The Morgan fingerprint density at radius 2 is 2.10 bits per heavy atom. The number of hydrogen-bond acceptors (Lipinski definition) is 3. The van der Waals surface area contributed by atoms with Gasteiger partial charge in [-0.15, -0.1) is 0 Å². The Labute approximate surface area is 118 Å². The Morgan fingerprint density at radius 3 is 2.95 bits per heavy atom. The van der Waals surface area contributed by atoms with E-state index < -0.39 is 0 Å². The first-order chi connectivity index (χ1) is 9.81. The monoisotopic (exact) mass is 267 g/mol. The Kier molecular flexibility index (Phi) is 3.63. The number of amides is 1. The molecule has 0 spiro atoms. The van der Waals surface area contributed by atoms with Gasteiger partial charge in [-0.25, -0.2) is 0 Å². The van der Waals surface area contributed by atoms with E-state index in [-0.39, 0.29) is 5.91 Å². The Morgan fingerprint density at radius 1 is 1.25 bits per heavy atom. The SMILES string of the molecule is O=C(CCc1ccncc1)Nc1ccc2c(c1)CCN2. The van der Waals surface area contributed by atoms with Crippen molar-refractivity contribution in [3.05, 3.63) is 53.9 Å². The standard InChI is InChI=1S/C16H17N3O/c20-16(4-1-12-5-8-17-9-6-12)19-14-2-3-15-13(11-14)7-10-18-15/h2-3,5-6,8-9,11,18H,1,4,7,10H2,(H,19,20). The Hall–Kier alpha value is -2.36. The number of hydrogen-bond donors (Lipinski definition) is 2. The zero-order chi connectivity index (χ0) is 13.8. The van der Waals surface area contributed by atoms with Crippen molar-refractivity contribution in [2.24, 2.45) is 0 Å². The summed E-state index contributed by atoms with van der Waals surface area (Å²) in [6.07, 6.45) is 5.75. The summed E-state index contributed by atoms with van der Waals surface area (Å²) in [5, 5.41) is 6.27. The molecule has 1 aromatic heterocycles. The second-order valence-electron chi connectivity index (χ2n) is 4.95. The lowest BCUT2D eigenvalue weighted by atomic mass is 10.1. The number of carbonyl (C=O) groups is 1. The van der Waals surface area contributed by atoms with Gasteiger partial charge in [0.15, 0.2) is 0 Å². The third-order valence-electron chi connectivity index (χ3n) is 3.49. The van der Waals surface area contributed by atoms with E-state index in [1.807, 2.05) is 24.3 Å². The molecule has 0 radical (unpaired) electrons. The van der Waals surface area contributed by atoms with Gasteiger partial charge in [-0.05, 0) is 54.3 Å². The number of pyridine rings is 1. The maximum Gasteiger partial charge on any atom is 0.224 e. The second kappa shape index (κ2) is 5.74. The van der Waals surface area contributed by atoms with Crippen LogP contribution in [0, 0.1) is 0 Å². The first-order valence-corrected chi connectivity index (χ1v) is 6.87. The predicted molar refractivity (Wildman–Crippen MR) is 79.8 cm³/mol. The summed E-state index contributed by atoms with van der Waals surface area (Å²) in [7, 11) is 0. The van der Waals surface area contributed by atoms with E-state index in [4.69, 9.17) is 0 Å². The molecule has 2 heterocycles. The highest BCUT2D eigenvalue weighted by Crippen LogP contribution is 2.25. The molecule has 0 unspecified atom stereocenters. The smallest absolute Gasteiger partial charge is 0.224 e. The molecule has 2 aromatic rings. The molecule has 2 N–H and O–H groups in total. The zero-order valence-electron chi connectivity index (χ0n) is 11.2. The van der Waals surface area contributed by atoms with E-state index in [0.29, 0.717) is 6.42 Å². The minimum absolute atomic E-state index is 0.0488. The number of nitrogens with zero attached hydrogens (tertiary/aromatic N) is 1. The number of aryl methyl sites for hydroxylation is 1. The van der Waals surface area contributed by atoms with E-state index in [9.17, 15) is 4.79 Å². The number of aromatic nitrogens is 1. The van der Waals surface area contributed by atoms with Gasteiger partial charge < -0.3 is 10.6 Å². The van der Waals surface area contributed by atoms with Gasteiger partial charge in [0, 0.05) is 36.7 Å². The molecule has 1 aliphatic heterocycles. The average molecular weight is 267 g/mol. The van der Waals surface area contributed by atoms with Gasteiger partial charge >= 0.3 is 0 Å². The molecule has 1 aromatic carbocycles. The van der Waals surface area contributed by atoms with Crippen LogP contribution in [-0.4, -0.2) is 17.4 Å². The summed E-state index contributed by atoms with van der Waals surface area (Å²) in [6.45, 7) is 0.981. The van der Waals surface area contributed by atoms with Crippen LogP contribution in [0.3, 0.4) is 0 Å². The van der Waals surface area contributed by atoms with Crippen molar-refractivity contribution in [2.45, 2.75) is 19.3 Å². The van der Waals surface area contributed by atoms with E-state index >= 15 is 0 Å². The van der Waals surface area contributed by atoms with Gasteiger partial charge in [0.05, 0.1) is 0 Å². The van der Waals surface area contributed by atoms with Crippen molar-refractivity contribution in [1.29, 1.82) is 0 Å². The normalized spacial score (nSPS) is 12.6. The number of benzene rings is 1. The van der Waals surface area contributed by atoms with E-state index in [2.05, 4.69) is 21.7 Å². The third-order valence-corrected chi connectivity index (χ3v) is 3.49. The van der Waals surface area contributed by atoms with Gasteiger partial charge in [0.1, 0.15) is 0 Å². The molecule has 0 bridgehead atoms. The maximum absolute atomic E-state index is 11.9. The summed E-state index contributed by atoms with van der Waals surface area (Å²) < 4.78 is 0. The van der Waals surface area contributed by atoms with Crippen molar-refractivity contribution in [3.63, 3.8) is 0 Å². The number of fused-ring (bicyclic) bond motifs is 1. The van der Waals surface area contributed by atoms with Gasteiger partial charge in [-0.2, -0.15) is 0 Å².